The Morgan fingerprint density at radius 3 is 2.10 bits per heavy atom. The number of amides is 1. The summed E-state index contributed by atoms with van der Waals surface area (Å²) in [5, 5.41) is 10.9. The number of Topliss-reactive ketones (excluding diaryl/α,β-unsaturated/α-hetero) is 1. The molecule has 1 atom stereocenters. The van der Waals surface area contributed by atoms with Crippen LogP contribution in [-0.2, 0) is 9.59 Å². The summed E-state index contributed by atoms with van der Waals surface area (Å²) in [5.41, 5.74) is 1.57. The van der Waals surface area contributed by atoms with Crippen molar-refractivity contribution in [3.05, 3.63) is 77.4 Å². The number of ketones is 1. The van der Waals surface area contributed by atoms with Gasteiger partial charge >= 0.3 is 0 Å². The van der Waals surface area contributed by atoms with Crippen LogP contribution >= 0.6 is 0 Å². The second-order valence-corrected chi connectivity index (χ2v) is 7.54. The molecule has 1 aliphatic heterocycles. The minimum Gasteiger partial charge on any atom is -0.507 e. The van der Waals surface area contributed by atoms with Gasteiger partial charge < -0.3 is 10.0 Å². The third-order valence-corrected chi connectivity index (χ3v) is 5.46. The average Bonchev–Trinajstić information content (AvgIpc) is 3.01. The normalized spacial score (nSPS) is 18.4. The first-order valence-electron chi connectivity index (χ1n) is 10.5. The van der Waals surface area contributed by atoms with E-state index in [1.165, 1.54) is 19.3 Å². The summed E-state index contributed by atoms with van der Waals surface area (Å²) in [5.74, 6) is -1.24. The van der Waals surface area contributed by atoms with Gasteiger partial charge in [0.15, 0.2) is 0 Å². The van der Waals surface area contributed by atoms with Crippen molar-refractivity contribution < 1.29 is 14.7 Å². The van der Waals surface area contributed by atoms with Crippen molar-refractivity contribution in [3.8, 4) is 0 Å². The van der Waals surface area contributed by atoms with Crippen molar-refractivity contribution >= 4 is 17.4 Å². The first kappa shape index (κ1) is 20.8. The highest BCUT2D eigenvalue weighted by molar-refractivity contribution is 6.46. The summed E-state index contributed by atoms with van der Waals surface area (Å²) in [6.07, 6.45) is 6.64. The molecule has 29 heavy (non-hydrogen) atoms. The standard InChI is InChI=1S/C25H29NO3/c1-2-3-4-5-6-13-18-26-22(19-14-9-7-10-15-19)21(24(28)25(26)29)23(27)20-16-11-8-12-17-20/h7-12,14-17,22,27H,2-6,13,18H2,1H3/b23-21-. The van der Waals surface area contributed by atoms with Crippen LogP contribution < -0.4 is 0 Å². The first-order valence-corrected chi connectivity index (χ1v) is 10.5. The second-order valence-electron chi connectivity index (χ2n) is 7.54. The molecule has 2 aromatic carbocycles. The van der Waals surface area contributed by atoms with Gasteiger partial charge in [-0.3, -0.25) is 9.59 Å². The lowest BCUT2D eigenvalue weighted by Crippen LogP contribution is -2.30. The predicted molar refractivity (Wildman–Crippen MR) is 115 cm³/mol. The molecule has 4 heteroatoms. The Kier molecular flexibility index (Phi) is 7.23. The molecule has 1 unspecified atom stereocenters. The lowest BCUT2D eigenvalue weighted by molar-refractivity contribution is -0.139. The van der Waals surface area contributed by atoms with Crippen LogP contribution in [0.5, 0.6) is 0 Å². The average molecular weight is 392 g/mol. The minimum absolute atomic E-state index is 0.108. The zero-order valence-corrected chi connectivity index (χ0v) is 17.0. The van der Waals surface area contributed by atoms with Gasteiger partial charge in [0.2, 0.25) is 0 Å². The number of likely N-dealkylation sites (tertiary alicyclic amines) is 1. The van der Waals surface area contributed by atoms with Crippen LogP contribution in [0.4, 0.5) is 0 Å². The van der Waals surface area contributed by atoms with Gasteiger partial charge in [0.05, 0.1) is 11.6 Å². The highest BCUT2D eigenvalue weighted by Crippen LogP contribution is 2.39. The van der Waals surface area contributed by atoms with Crippen LogP contribution in [-0.4, -0.2) is 28.2 Å². The van der Waals surface area contributed by atoms with Gasteiger partial charge in [-0.1, -0.05) is 99.7 Å². The topological polar surface area (TPSA) is 57.6 Å². The summed E-state index contributed by atoms with van der Waals surface area (Å²) in [6, 6.07) is 17.9. The number of hydrogen-bond acceptors (Lipinski definition) is 3. The molecular formula is C25H29NO3. The van der Waals surface area contributed by atoms with E-state index in [9.17, 15) is 14.7 Å². The third-order valence-electron chi connectivity index (χ3n) is 5.46. The number of benzene rings is 2. The van der Waals surface area contributed by atoms with Crippen molar-refractivity contribution in [2.24, 2.45) is 0 Å². The van der Waals surface area contributed by atoms with E-state index < -0.39 is 17.7 Å². The fraction of sp³-hybridized carbons (Fsp3) is 0.360. The van der Waals surface area contributed by atoms with Gasteiger partial charge in [-0.2, -0.15) is 0 Å². The lowest BCUT2D eigenvalue weighted by atomic mass is 9.95. The van der Waals surface area contributed by atoms with E-state index in [1.54, 1.807) is 29.2 Å². The van der Waals surface area contributed by atoms with E-state index in [2.05, 4.69) is 6.92 Å². The Balaban J connectivity index is 1.90. The molecule has 0 spiro atoms. The molecule has 2 aromatic rings. The molecule has 1 amide bonds. The third kappa shape index (κ3) is 4.76. The van der Waals surface area contributed by atoms with Gasteiger partial charge in [-0.25, -0.2) is 0 Å². The molecule has 0 bridgehead atoms. The van der Waals surface area contributed by atoms with Crippen molar-refractivity contribution in [1.82, 2.24) is 4.90 Å². The van der Waals surface area contributed by atoms with Crippen LogP contribution in [0.15, 0.2) is 66.2 Å². The number of aliphatic hydroxyl groups excluding tert-OH is 1. The summed E-state index contributed by atoms with van der Waals surface area (Å²) < 4.78 is 0. The maximum atomic E-state index is 12.9. The molecule has 152 valence electrons. The quantitative estimate of drug-likeness (QED) is 0.267. The fourth-order valence-electron chi connectivity index (χ4n) is 3.91. The zero-order chi connectivity index (χ0) is 20.6. The fourth-order valence-corrected chi connectivity index (χ4v) is 3.91. The molecule has 1 fully saturated rings. The number of aliphatic hydroxyl groups is 1. The Labute approximate surface area is 172 Å². The number of carbonyl (C=O) groups excluding carboxylic acids is 2. The van der Waals surface area contributed by atoms with Gasteiger partial charge in [-0.05, 0) is 12.0 Å². The smallest absolute Gasteiger partial charge is 0.295 e. The molecule has 3 rings (SSSR count). The maximum Gasteiger partial charge on any atom is 0.295 e. The van der Waals surface area contributed by atoms with Crippen LogP contribution in [0.2, 0.25) is 0 Å². The van der Waals surface area contributed by atoms with Crippen molar-refractivity contribution in [1.29, 1.82) is 0 Å². The summed E-state index contributed by atoms with van der Waals surface area (Å²) in [4.78, 5) is 27.3. The van der Waals surface area contributed by atoms with Crippen molar-refractivity contribution in [3.63, 3.8) is 0 Å². The van der Waals surface area contributed by atoms with Crippen molar-refractivity contribution in [2.45, 2.75) is 51.5 Å². The second kappa shape index (κ2) is 10.1. The zero-order valence-electron chi connectivity index (χ0n) is 17.0. The number of hydrogen-bond donors (Lipinski definition) is 1. The molecule has 0 aromatic heterocycles. The number of rotatable bonds is 9. The Morgan fingerprint density at radius 1 is 0.862 bits per heavy atom. The highest BCUT2D eigenvalue weighted by atomic mass is 16.3. The molecule has 0 radical (unpaired) electrons. The lowest BCUT2D eigenvalue weighted by Gasteiger charge is -2.25. The van der Waals surface area contributed by atoms with Gasteiger partial charge in [0, 0.05) is 12.1 Å². The SMILES string of the molecule is CCCCCCCCN1C(=O)C(=O)/C(=C(\O)c2ccccc2)C1c1ccccc1. The molecule has 1 aliphatic rings. The van der Waals surface area contributed by atoms with Crippen LogP contribution in [0.1, 0.15) is 62.6 Å². The summed E-state index contributed by atoms with van der Waals surface area (Å²) in [7, 11) is 0. The van der Waals surface area contributed by atoms with E-state index in [1.807, 2.05) is 36.4 Å². The summed E-state index contributed by atoms with van der Waals surface area (Å²) in [6.45, 7) is 2.70. The first-order chi connectivity index (χ1) is 14.1. The Morgan fingerprint density at radius 2 is 1.45 bits per heavy atom. The van der Waals surface area contributed by atoms with E-state index in [0.29, 0.717) is 12.1 Å². The van der Waals surface area contributed by atoms with Crippen molar-refractivity contribution in [2.75, 3.05) is 6.54 Å². The van der Waals surface area contributed by atoms with Crippen LogP contribution in [0.25, 0.3) is 5.76 Å². The molecule has 1 heterocycles. The molecule has 0 aliphatic carbocycles. The summed E-state index contributed by atoms with van der Waals surface area (Å²) >= 11 is 0. The van der Waals surface area contributed by atoms with E-state index >= 15 is 0 Å². The van der Waals surface area contributed by atoms with E-state index in [0.717, 1.165) is 24.8 Å². The molecule has 0 saturated carbocycles. The van der Waals surface area contributed by atoms with Crippen LogP contribution in [0.3, 0.4) is 0 Å². The number of carbonyl (C=O) groups is 2. The van der Waals surface area contributed by atoms with Gasteiger partial charge in [0.1, 0.15) is 5.76 Å². The predicted octanol–water partition coefficient (Wildman–Crippen LogP) is 5.47. The monoisotopic (exact) mass is 391 g/mol. The maximum absolute atomic E-state index is 12.9. The molecule has 1 saturated heterocycles. The number of nitrogens with zero attached hydrogens (tertiary/aromatic N) is 1. The van der Waals surface area contributed by atoms with E-state index in [4.69, 9.17) is 0 Å². The Hall–Kier alpha value is -2.88. The molecular weight excluding hydrogens is 362 g/mol. The minimum atomic E-state index is -0.605. The Bertz CT molecular complexity index is 858. The highest BCUT2D eigenvalue weighted by Gasteiger charge is 2.45. The number of unbranched alkanes of at least 4 members (excludes halogenated alkanes) is 5. The van der Waals surface area contributed by atoms with Gasteiger partial charge in [0.25, 0.3) is 11.7 Å². The van der Waals surface area contributed by atoms with Crippen LogP contribution in [0, 0.1) is 0 Å². The van der Waals surface area contributed by atoms with Gasteiger partial charge in [-0.15, -0.1) is 0 Å². The largest absolute Gasteiger partial charge is 0.507 e. The molecule has 4 nitrogen and oxygen atoms in total. The van der Waals surface area contributed by atoms with E-state index in [-0.39, 0.29) is 11.3 Å². The molecule has 1 N–H and O–H groups in total.